The number of amides is 1. The summed E-state index contributed by atoms with van der Waals surface area (Å²) in [6, 6.07) is 24.1. The predicted octanol–water partition coefficient (Wildman–Crippen LogP) is 6.17. The number of carbonyl (C=O) groups is 1. The van der Waals surface area contributed by atoms with E-state index in [2.05, 4.69) is 19.2 Å². The molecule has 11 heteroatoms. The molecule has 0 bridgehead atoms. The number of benzene rings is 3. The molecular formula is C35H30N4O6S. The van der Waals surface area contributed by atoms with Crippen LogP contribution in [0.4, 0.5) is 11.4 Å². The second-order valence-corrected chi connectivity index (χ2v) is 12.1. The van der Waals surface area contributed by atoms with E-state index in [0.29, 0.717) is 49.3 Å². The monoisotopic (exact) mass is 634 g/mol. The van der Waals surface area contributed by atoms with Crippen molar-refractivity contribution in [3.63, 3.8) is 0 Å². The van der Waals surface area contributed by atoms with Crippen LogP contribution in [0.15, 0.2) is 110 Å². The van der Waals surface area contributed by atoms with Crippen LogP contribution in [0.2, 0.25) is 0 Å². The Morgan fingerprint density at radius 3 is 2.50 bits per heavy atom. The lowest BCUT2D eigenvalue weighted by atomic mass is 9.93. The van der Waals surface area contributed by atoms with Gasteiger partial charge in [-0.3, -0.25) is 24.3 Å². The zero-order valence-electron chi connectivity index (χ0n) is 25.5. The number of fused-ring (bicyclic) bond motifs is 1. The highest BCUT2D eigenvalue weighted by Crippen LogP contribution is 2.35. The molecule has 0 spiro atoms. The highest BCUT2D eigenvalue weighted by atomic mass is 32.1. The number of nitrogens with one attached hydrogen (secondary N) is 1. The van der Waals surface area contributed by atoms with Crippen LogP contribution in [0.3, 0.4) is 0 Å². The summed E-state index contributed by atoms with van der Waals surface area (Å²) in [5.74, 6) is 1.08. The molecule has 0 aliphatic carbocycles. The number of carbonyl (C=O) groups excluding carboxylic acids is 1. The maximum Gasteiger partial charge on any atom is 0.273 e. The number of ether oxygens (including phenoxy) is 1. The Hall–Kier alpha value is -5.55. The molecule has 1 N–H and O–H groups in total. The number of non-ortho nitro benzene ring substituents is 1. The predicted molar refractivity (Wildman–Crippen MR) is 177 cm³/mol. The molecule has 0 saturated heterocycles. The number of hydrogen-bond acceptors (Lipinski definition) is 8. The Bertz CT molecular complexity index is 2180. The van der Waals surface area contributed by atoms with Crippen molar-refractivity contribution < 1.29 is 18.9 Å². The summed E-state index contributed by atoms with van der Waals surface area (Å²) in [6.07, 6.45) is 1.63. The van der Waals surface area contributed by atoms with E-state index >= 15 is 0 Å². The van der Waals surface area contributed by atoms with E-state index in [4.69, 9.17) is 14.1 Å². The highest BCUT2D eigenvalue weighted by molar-refractivity contribution is 7.07. The molecule has 0 unspecified atom stereocenters. The Labute approximate surface area is 267 Å². The molecule has 6 rings (SSSR count). The number of thiazole rings is 1. The van der Waals surface area contributed by atoms with Gasteiger partial charge in [-0.25, -0.2) is 4.99 Å². The second kappa shape index (κ2) is 12.4. The van der Waals surface area contributed by atoms with Gasteiger partial charge in [-0.2, -0.15) is 0 Å². The molecule has 1 aliphatic heterocycles. The number of nitrogens with zero attached hydrogens (tertiary/aromatic N) is 3. The summed E-state index contributed by atoms with van der Waals surface area (Å²) in [5, 5.41) is 14.2. The Morgan fingerprint density at radius 1 is 1.09 bits per heavy atom. The van der Waals surface area contributed by atoms with Gasteiger partial charge in [-0.1, -0.05) is 67.6 Å². The van der Waals surface area contributed by atoms with Gasteiger partial charge in [-0.15, -0.1) is 0 Å². The van der Waals surface area contributed by atoms with E-state index in [0.717, 1.165) is 11.1 Å². The smallest absolute Gasteiger partial charge is 0.273 e. The largest absolute Gasteiger partial charge is 0.496 e. The number of rotatable bonds is 8. The molecule has 0 saturated carbocycles. The molecule has 2 aromatic heterocycles. The van der Waals surface area contributed by atoms with E-state index in [9.17, 15) is 19.7 Å². The van der Waals surface area contributed by atoms with Crippen molar-refractivity contribution in [1.29, 1.82) is 0 Å². The number of allylic oxidation sites excluding steroid dienone is 1. The number of nitro benzene ring substituents is 1. The molecule has 232 valence electrons. The van der Waals surface area contributed by atoms with Gasteiger partial charge >= 0.3 is 0 Å². The molecule has 0 fully saturated rings. The summed E-state index contributed by atoms with van der Waals surface area (Å²) in [6.45, 7) is 6.00. The third kappa shape index (κ3) is 5.80. The summed E-state index contributed by atoms with van der Waals surface area (Å²) < 4.78 is 13.4. The van der Waals surface area contributed by atoms with E-state index < -0.39 is 11.0 Å². The number of furan rings is 1. The van der Waals surface area contributed by atoms with Crippen LogP contribution >= 0.6 is 11.3 Å². The third-order valence-corrected chi connectivity index (χ3v) is 8.76. The van der Waals surface area contributed by atoms with Crippen LogP contribution in [0, 0.1) is 10.1 Å². The number of para-hydroxylation sites is 1. The van der Waals surface area contributed by atoms with Crippen LogP contribution in [-0.2, 0) is 4.79 Å². The van der Waals surface area contributed by atoms with Gasteiger partial charge in [0, 0.05) is 17.8 Å². The van der Waals surface area contributed by atoms with Crippen molar-refractivity contribution in [3.05, 3.63) is 143 Å². The summed E-state index contributed by atoms with van der Waals surface area (Å²) in [4.78, 5) is 43.8. The Balaban J connectivity index is 1.43. The first kappa shape index (κ1) is 30.5. The minimum Gasteiger partial charge on any atom is -0.496 e. The first-order chi connectivity index (χ1) is 22.1. The Morgan fingerprint density at radius 2 is 1.83 bits per heavy atom. The molecule has 5 aromatic rings. The van der Waals surface area contributed by atoms with Gasteiger partial charge in [0.1, 0.15) is 17.3 Å². The zero-order valence-corrected chi connectivity index (χ0v) is 26.3. The van der Waals surface area contributed by atoms with Crippen molar-refractivity contribution in [2.75, 3.05) is 12.4 Å². The van der Waals surface area contributed by atoms with E-state index in [1.54, 1.807) is 47.9 Å². The van der Waals surface area contributed by atoms with Crippen molar-refractivity contribution in [2.45, 2.75) is 32.7 Å². The summed E-state index contributed by atoms with van der Waals surface area (Å²) >= 11 is 1.21. The standard InChI is InChI=1S/C35H30N4O6S/c1-20(2)22-10-12-23(13-11-22)32-31(33(40)37-24-8-6-5-7-9-24)21(3)36-35-38(32)34(41)30(46-35)19-26-15-17-28(45-26)27-16-14-25(39(42)43)18-29(27)44-4/h5-20,32H,1-4H3,(H,37,40)/b30-19-/t32-/m0/s1. The van der Waals surface area contributed by atoms with Crippen molar-refractivity contribution in [2.24, 2.45) is 4.99 Å². The van der Waals surface area contributed by atoms with Crippen LogP contribution in [0.5, 0.6) is 5.75 Å². The van der Waals surface area contributed by atoms with E-state index in [1.165, 1.54) is 30.6 Å². The third-order valence-electron chi connectivity index (χ3n) is 7.78. The minimum absolute atomic E-state index is 0.103. The Kier molecular flexibility index (Phi) is 8.25. The van der Waals surface area contributed by atoms with Gasteiger partial charge < -0.3 is 14.5 Å². The molecule has 0 radical (unpaired) electrons. The number of hydrogen-bond donors (Lipinski definition) is 1. The lowest BCUT2D eigenvalue weighted by molar-refractivity contribution is -0.384. The fourth-order valence-corrected chi connectivity index (χ4v) is 6.44. The first-order valence-corrected chi connectivity index (χ1v) is 15.4. The molecule has 1 atom stereocenters. The van der Waals surface area contributed by atoms with E-state index in [-0.39, 0.29) is 22.9 Å². The molecule has 10 nitrogen and oxygen atoms in total. The van der Waals surface area contributed by atoms with Gasteiger partial charge in [0.25, 0.3) is 17.2 Å². The average Bonchev–Trinajstić information content (AvgIpc) is 3.64. The molecule has 3 heterocycles. The maximum atomic E-state index is 14.1. The fourth-order valence-electron chi connectivity index (χ4n) is 5.41. The molecule has 1 aliphatic rings. The molecular weight excluding hydrogens is 604 g/mol. The van der Waals surface area contributed by atoms with Gasteiger partial charge in [0.15, 0.2) is 4.80 Å². The lowest BCUT2D eigenvalue weighted by Crippen LogP contribution is -2.40. The summed E-state index contributed by atoms with van der Waals surface area (Å²) in [7, 11) is 1.43. The number of nitro groups is 1. The van der Waals surface area contributed by atoms with Crippen LogP contribution in [0.25, 0.3) is 17.4 Å². The van der Waals surface area contributed by atoms with Crippen molar-refractivity contribution in [3.8, 4) is 17.1 Å². The highest BCUT2D eigenvalue weighted by Gasteiger charge is 2.32. The maximum absolute atomic E-state index is 14.1. The van der Waals surface area contributed by atoms with Crippen molar-refractivity contribution >= 4 is 34.7 Å². The number of methoxy groups -OCH3 is 1. The number of aromatic nitrogens is 1. The van der Waals surface area contributed by atoms with Crippen LogP contribution < -0.4 is 24.9 Å². The molecule has 3 aromatic carbocycles. The lowest BCUT2D eigenvalue weighted by Gasteiger charge is -2.25. The second-order valence-electron chi connectivity index (χ2n) is 11.1. The van der Waals surface area contributed by atoms with Crippen LogP contribution in [-0.4, -0.2) is 22.5 Å². The normalized spacial score (nSPS) is 14.6. The number of anilines is 1. The van der Waals surface area contributed by atoms with Crippen LogP contribution in [0.1, 0.15) is 49.6 Å². The molecule has 1 amide bonds. The zero-order chi connectivity index (χ0) is 32.5. The van der Waals surface area contributed by atoms with Gasteiger partial charge in [0.05, 0.1) is 45.5 Å². The van der Waals surface area contributed by atoms with Crippen molar-refractivity contribution in [1.82, 2.24) is 4.57 Å². The van der Waals surface area contributed by atoms with E-state index in [1.807, 2.05) is 42.5 Å². The first-order valence-electron chi connectivity index (χ1n) is 14.6. The average molecular weight is 635 g/mol. The summed E-state index contributed by atoms with van der Waals surface area (Å²) in [5.41, 5.74) is 3.58. The quantitative estimate of drug-likeness (QED) is 0.161. The van der Waals surface area contributed by atoms with Gasteiger partial charge in [-0.05, 0) is 54.3 Å². The van der Waals surface area contributed by atoms with Gasteiger partial charge in [0.2, 0.25) is 0 Å². The molecule has 46 heavy (non-hydrogen) atoms. The fraction of sp³-hybridized carbons (Fsp3) is 0.171. The topological polar surface area (TPSA) is 129 Å². The SMILES string of the molecule is COc1cc([N+](=O)[O-])ccc1-c1ccc(/C=c2\sc3n(c2=O)[C@@H](c2ccc(C(C)C)cc2)C(C(=O)Nc2ccccc2)=C(C)N=3)o1. The minimum atomic E-state index is -0.708.